The molecule has 2 N–H and O–H groups in total. The Morgan fingerprint density at radius 1 is 1.19 bits per heavy atom. The molecule has 1 aromatic carbocycles. The van der Waals surface area contributed by atoms with E-state index in [9.17, 15) is 8.42 Å². The number of benzene rings is 1. The van der Waals surface area contributed by atoms with Crippen molar-refractivity contribution in [3.63, 3.8) is 0 Å². The molecule has 0 unspecified atom stereocenters. The van der Waals surface area contributed by atoms with Crippen molar-refractivity contribution in [2.75, 3.05) is 6.54 Å². The summed E-state index contributed by atoms with van der Waals surface area (Å²) in [6, 6.07) is 6.12. The minimum absolute atomic E-state index is 0.327. The zero-order valence-electron chi connectivity index (χ0n) is 11.9. The monoisotopic (exact) mass is 372 g/mol. The smallest absolute Gasteiger partial charge is 0.241 e. The number of hydrogen-bond acceptors (Lipinski definition) is 3. The van der Waals surface area contributed by atoms with Crippen LogP contribution in [0.3, 0.4) is 0 Å². The summed E-state index contributed by atoms with van der Waals surface area (Å²) in [5.74, 6) is 0.729. The molecule has 0 radical (unpaired) electrons. The lowest BCUT2D eigenvalue weighted by Crippen LogP contribution is -2.25. The van der Waals surface area contributed by atoms with Crippen molar-refractivity contribution in [1.29, 1.82) is 0 Å². The van der Waals surface area contributed by atoms with Crippen LogP contribution in [0.4, 0.5) is 0 Å². The first-order valence-corrected chi connectivity index (χ1v) is 9.84. The quantitative estimate of drug-likeness (QED) is 0.737. The second-order valence-corrected chi connectivity index (χ2v) is 8.64. The number of sulfonamides is 1. The molecule has 2 aliphatic rings. The molecule has 0 spiro atoms. The number of nitrogens with one attached hydrogen (secondary N) is 2. The van der Waals surface area contributed by atoms with Gasteiger partial charge in [-0.05, 0) is 58.8 Å². The maximum Gasteiger partial charge on any atom is 0.241 e. The lowest BCUT2D eigenvalue weighted by Gasteiger charge is -2.10. The van der Waals surface area contributed by atoms with Crippen molar-refractivity contribution in [3.05, 3.63) is 28.2 Å². The minimum Gasteiger partial charge on any atom is -0.310 e. The van der Waals surface area contributed by atoms with E-state index in [1.54, 1.807) is 6.07 Å². The molecule has 0 amide bonds. The first-order chi connectivity index (χ1) is 10.0. The van der Waals surface area contributed by atoms with Crippen LogP contribution in [-0.2, 0) is 16.6 Å². The van der Waals surface area contributed by atoms with Gasteiger partial charge in [0, 0.05) is 23.6 Å². The van der Waals surface area contributed by atoms with E-state index in [-0.39, 0.29) is 0 Å². The molecule has 4 nitrogen and oxygen atoms in total. The Labute approximate surface area is 134 Å². The van der Waals surface area contributed by atoms with E-state index in [2.05, 4.69) is 26.0 Å². The van der Waals surface area contributed by atoms with Crippen molar-refractivity contribution in [2.45, 2.75) is 49.6 Å². The predicted molar refractivity (Wildman–Crippen MR) is 86.5 cm³/mol. The van der Waals surface area contributed by atoms with Gasteiger partial charge in [-0.15, -0.1) is 0 Å². The van der Waals surface area contributed by atoms with Crippen LogP contribution < -0.4 is 10.0 Å². The minimum atomic E-state index is -3.41. The molecule has 0 saturated heterocycles. The summed E-state index contributed by atoms with van der Waals surface area (Å²) < 4.78 is 27.9. The fourth-order valence-corrected chi connectivity index (χ4v) is 4.47. The summed E-state index contributed by atoms with van der Waals surface area (Å²) >= 11 is 3.39. The van der Waals surface area contributed by atoms with Crippen LogP contribution in [0.5, 0.6) is 0 Å². The Morgan fingerprint density at radius 2 is 1.95 bits per heavy atom. The molecule has 2 saturated carbocycles. The molecule has 0 heterocycles. The molecule has 0 aromatic heterocycles. The van der Waals surface area contributed by atoms with Gasteiger partial charge in [0.1, 0.15) is 0 Å². The molecule has 0 aliphatic heterocycles. The predicted octanol–water partition coefficient (Wildman–Crippen LogP) is 2.78. The maximum atomic E-state index is 12.3. The summed E-state index contributed by atoms with van der Waals surface area (Å²) in [5.41, 5.74) is 1.10. The first-order valence-electron chi connectivity index (χ1n) is 7.56. The Morgan fingerprint density at radius 3 is 2.57 bits per heavy atom. The second kappa shape index (κ2) is 6.36. The Hall–Kier alpha value is -0.430. The van der Waals surface area contributed by atoms with Crippen molar-refractivity contribution < 1.29 is 8.42 Å². The lowest BCUT2D eigenvalue weighted by atomic mass is 10.2. The van der Waals surface area contributed by atoms with Gasteiger partial charge in [-0.2, -0.15) is 0 Å². The molecule has 2 fully saturated rings. The Kier molecular flexibility index (Phi) is 4.69. The highest BCUT2D eigenvalue weighted by atomic mass is 79.9. The number of halogens is 1. The molecular weight excluding hydrogens is 352 g/mol. The van der Waals surface area contributed by atoms with E-state index in [1.807, 2.05) is 12.1 Å². The van der Waals surface area contributed by atoms with Gasteiger partial charge in [-0.25, -0.2) is 13.1 Å². The fraction of sp³-hybridized carbons (Fsp3) is 0.600. The van der Waals surface area contributed by atoms with Gasteiger partial charge in [0.05, 0.1) is 4.90 Å². The van der Waals surface area contributed by atoms with Crippen molar-refractivity contribution in [3.8, 4) is 0 Å². The zero-order valence-corrected chi connectivity index (χ0v) is 14.3. The van der Waals surface area contributed by atoms with Crippen LogP contribution in [0, 0.1) is 5.92 Å². The summed E-state index contributed by atoms with van der Waals surface area (Å²) in [5, 5.41) is 3.43. The third kappa shape index (κ3) is 4.52. The van der Waals surface area contributed by atoms with Crippen molar-refractivity contribution in [1.82, 2.24) is 10.0 Å². The van der Waals surface area contributed by atoms with Gasteiger partial charge in [0.2, 0.25) is 10.0 Å². The van der Waals surface area contributed by atoms with E-state index < -0.39 is 10.0 Å². The highest BCUT2D eigenvalue weighted by molar-refractivity contribution is 9.10. The molecule has 21 heavy (non-hydrogen) atoms. The number of rotatable bonds is 8. The van der Waals surface area contributed by atoms with Gasteiger partial charge >= 0.3 is 0 Å². The molecule has 2 aliphatic carbocycles. The molecule has 116 valence electrons. The largest absolute Gasteiger partial charge is 0.310 e. The summed E-state index contributed by atoms with van der Waals surface area (Å²) in [6.07, 6.45) is 5.93. The van der Waals surface area contributed by atoms with Crippen LogP contribution >= 0.6 is 15.9 Å². The average Bonchev–Trinajstić information content (AvgIpc) is 3.30. The maximum absolute atomic E-state index is 12.3. The van der Waals surface area contributed by atoms with Gasteiger partial charge in [-0.3, -0.25) is 0 Å². The molecule has 0 bridgehead atoms. The molecular formula is C15H21BrN2O2S. The van der Waals surface area contributed by atoms with E-state index >= 15 is 0 Å². The molecule has 6 heteroatoms. The standard InChI is InChI=1S/C15H21BrN2O2S/c16-14-9-12(10-17-13-4-5-13)3-6-15(14)21(19,20)18-8-7-11-1-2-11/h3,6,9,11,13,17-18H,1-2,4-5,7-8,10H2. The van der Waals surface area contributed by atoms with Gasteiger partial charge < -0.3 is 5.32 Å². The van der Waals surface area contributed by atoms with Gasteiger partial charge in [0.15, 0.2) is 0 Å². The number of hydrogen-bond donors (Lipinski definition) is 2. The first kappa shape index (κ1) is 15.5. The summed E-state index contributed by atoms with van der Waals surface area (Å²) in [4.78, 5) is 0.327. The average molecular weight is 373 g/mol. The summed E-state index contributed by atoms with van der Waals surface area (Å²) in [7, 11) is -3.41. The molecule has 0 atom stereocenters. The van der Waals surface area contributed by atoms with Crippen LogP contribution in [0.15, 0.2) is 27.6 Å². The third-order valence-corrected chi connectivity index (χ3v) is 6.44. The molecule has 1 aromatic rings. The second-order valence-electron chi connectivity index (χ2n) is 6.05. The normalized spacial score (nSPS) is 18.9. The van der Waals surface area contributed by atoms with Crippen molar-refractivity contribution in [2.24, 2.45) is 5.92 Å². The highest BCUT2D eigenvalue weighted by Crippen LogP contribution is 2.32. The third-order valence-electron chi connectivity index (χ3n) is 4.00. The van der Waals surface area contributed by atoms with Crippen LogP contribution in [0.2, 0.25) is 0 Å². The lowest BCUT2D eigenvalue weighted by molar-refractivity contribution is 0.574. The fourth-order valence-electron chi connectivity index (χ4n) is 2.30. The Bertz CT molecular complexity index is 610. The van der Waals surface area contributed by atoms with Crippen LogP contribution in [0.25, 0.3) is 0 Å². The van der Waals surface area contributed by atoms with Gasteiger partial charge in [0.25, 0.3) is 0 Å². The van der Waals surface area contributed by atoms with E-state index in [4.69, 9.17) is 0 Å². The van der Waals surface area contributed by atoms with E-state index in [1.165, 1.54) is 25.7 Å². The highest BCUT2D eigenvalue weighted by Gasteiger charge is 2.23. The van der Waals surface area contributed by atoms with Crippen molar-refractivity contribution >= 4 is 26.0 Å². The van der Waals surface area contributed by atoms with E-state index in [0.717, 1.165) is 24.4 Å². The van der Waals surface area contributed by atoms with Crippen LogP contribution in [-0.4, -0.2) is 21.0 Å². The summed E-state index contributed by atoms with van der Waals surface area (Å²) in [6.45, 7) is 1.32. The topological polar surface area (TPSA) is 58.2 Å². The van der Waals surface area contributed by atoms with E-state index in [0.29, 0.717) is 22.0 Å². The van der Waals surface area contributed by atoms with Crippen LogP contribution in [0.1, 0.15) is 37.7 Å². The Balaban J connectivity index is 1.61. The SMILES string of the molecule is O=S(=O)(NCCC1CC1)c1ccc(CNC2CC2)cc1Br. The molecule has 3 rings (SSSR count). The zero-order chi connectivity index (χ0) is 14.9. The van der Waals surface area contributed by atoms with Gasteiger partial charge in [-0.1, -0.05) is 18.9 Å².